The van der Waals surface area contributed by atoms with Crippen molar-refractivity contribution < 1.29 is 24.2 Å². The molecule has 4 unspecified atom stereocenters. The van der Waals surface area contributed by atoms with Crippen LogP contribution in [0.1, 0.15) is 33.1 Å². The topological polar surface area (TPSA) is 92.7 Å². The number of nitrogens with one attached hydrogen (secondary N) is 1. The Balaban J connectivity index is 2.83. The first kappa shape index (κ1) is 17.2. The first-order chi connectivity index (χ1) is 9.92. The predicted molar refractivity (Wildman–Crippen MR) is 76.4 cm³/mol. The summed E-state index contributed by atoms with van der Waals surface area (Å²) in [6, 6.07) is -0.743. The number of ether oxygens (including phenoxy) is 1. The van der Waals surface area contributed by atoms with Crippen LogP contribution in [0, 0.1) is 17.8 Å². The van der Waals surface area contributed by atoms with E-state index >= 15 is 0 Å². The van der Waals surface area contributed by atoms with Crippen LogP contribution in [0.25, 0.3) is 0 Å². The van der Waals surface area contributed by atoms with E-state index in [2.05, 4.69) is 5.32 Å². The number of carbonyl (C=O) groups is 3. The average molecular weight is 297 g/mol. The molecule has 0 bridgehead atoms. The molecule has 1 rings (SSSR count). The van der Waals surface area contributed by atoms with Crippen molar-refractivity contribution in [2.24, 2.45) is 17.8 Å². The monoisotopic (exact) mass is 297 g/mol. The minimum atomic E-state index is -0.988. The first-order valence-corrected chi connectivity index (χ1v) is 7.18. The second-order valence-electron chi connectivity index (χ2n) is 5.39. The Morgan fingerprint density at radius 1 is 1.29 bits per heavy atom. The molecule has 0 aromatic carbocycles. The third kappa shape index (κ3) is 4.31. The Labute approximate surface area is 124 Å². The molecule has 1 aliphatic rings. The molecule has 0 aliphatic heterocycles. The summed E-state index contributed by atoms with van der Waals surface area (Å²) in [5.74, 6) is -3.37. The largest absolute Gasteiger partial charge is 0.481 e. The van der Waals surface area contributed by atoms with Crippen molar-refractivity contribution in [3.63, 3.8) is 0 Å². The van der Waals surface area contributed by atoms with E-state index in [0.29, 0.717) is 19.3 Å². The molecular formula is C15H23NO5. The molecule has 0 fully saturated rings. The van der Waals surface area contributed by atoms with Crippen LogP contribution in [0.2, 0.25) is 0 Å². The molecule has 0 heterocycles. The van der Waals surface area contributed by atoms with Crippen LogP contribution < -0.4 is 5.32 Å². The van der Waals surface area contributed by atoms with Crippen LogP contribution in [0.5, 0.6) is 0 Å². The molecule has 1 amide bonds. The molecule has 0 saturated heterocycles. The first-order valence-electron chi connectivity index (χ1n) is 7.18. The number of amides is 1. The Kier molecular flexibility index (Phi) is 6.39. The van der Waals surface area contributed by atoms with Gasteiger partial charge in [-0.15, -0.1) is 0 Å². The molecule has 2 N–H and O–H groups in total. The van der Waals surface area contributed by atoms with Crippen molar-refractivity contribution in [1.82, 2.24) is 5.32 Å². The van der Waals surface area contributed by atoms with Crippen LogP contribution in [0.3, 0.4) is 0 Å². The second-order valence-corrected chi connectivity index (χ2v) is 5.39. The summed E-state index contributed by atoms with van der Waals surface area (Å²) < 4.78 is 4.71. The standard InChI is InChI=1S/C15H23NO5/c1-4-9(2)12(15(20)21-3)16-13(17)10-7-5-6-8-11(10)14(18)19/h5-6,9-12H,4,7-8H2,1-3H3,(H,16,17)(H,18,19). The molecule has 0 saturated carbocycles. The maximum absolute atomic E-state index is 12.3. The summed E-state index contributed by atoms with van der Waals surface area (Å²) in [5, 5.41) is 11.9. The van der Waals surface area contributed by atoms with E-state index in [0.717, 1.165) is 0 Å². The zero-order valence-electron chi connectivity index (χ0n) is 12.7. The van der Waals surface area contributed by atoms with Gasteiger partial charge in [0.15, 0.2) is 0 Å². The highest BCUT2D eigenvalue weighted by atomic mass is 16.5. The van der Waals surface area contributed by atoms with Gasteiger partial charge in [0.05, 0.1) is 18.9 Å². The van der Waals surface area contributed by atoms with E-state index in [4.69, 9.17) is 4.74 Å². The third-order valence-corrected chi connectivity index (χ3v) is 4.05. The van der Waals surface area contributed by atoms with Crippen molar-refractivity contribution in [1.29, 1.82) is 0 Å². The van der Waals surface area contributed by atoms with E-state index in [1.165, 1.54) is 7.11 Å². The molecule has 0 spiro atoms. The van der Waals surface area contributed by atoms with Gasteiger partial charge in [0.1, 0.15) is 6.04 Å². The molecule has 0 radical (unpaired) electrons. The van der Waals surface area contributed by atoms with Gasteiger partial charge in [0.2, 0.25) is 5.91 Å². The van der Waals surface area contributed by atoms with E-state index in [1.807, 2.05) is 13.8 Å². The van der Waals surface area contributed by atoms with Crippen LogP contribution in [-0.2, 0) is 19.1 Å². The number of carboxylic acids is 1. The Morgan fingerprint density at radius 2 is 1.86 bits per heavy atom. The fraction of sp³-hybridized carbons (Fsp3) is 0.667. The van der Waals surface area contributed by atoms with Gasteiger partial charge < -0.3 is 15.2 Å². The number of allylic oxidation sites excluding steroid dienone is 2. The number of esters is 1. The summed E-state index contributed by atoms with van der Waals surface area (Å²) in [6.45, 7) is 3.76. The summed E-state index contributed by atoms with van der Waals surface area (Å²) in [4.78, 5) is 35.4. The maximum Gasteiger partial charge on any atom is 0.328 e. The SMILES string of the molecule is CCC(C)C(NC(=O)C1CC=CCC1C(=O)O)C(=O)OC. The highest BCUT2D eigenvalue weighted by molar-refractivity contribution is 5.89. The van der Waals surface area contributed by atoms with Gasteiger partial charge in [-0.2, -0.15) is 0 Å². The number of carbonyl (C=O) groups excluding carboxylic acids is 2. The molecule has 0 aromatic heterocycles. The summed E-state index contributed by atoms with van der Waals surface area (Å²) in [5.41, 5.74) is 0. The van der Waals surface area contributed by atoms with Crippen molar-refractivity contribution in [3.8, 4) is 0 Å². The third-order valence-electron chi connectivity index (χ3n) is 4.05. The molecule has 6 heteroatoms. The molecular weight excluding hydrogens is 274 g/mol. The zero-order chi connectivity index (χ0) is 16.0. The van der Waals surface area contributed by atoms with Crippen molar-refractivity contribution in [2.45, 2.75) is 39.2 Å². The van der Waals surface area contributed by atoms with Gasteiger partial charge in [0.25, 0.3) is 0 Å². The number of hydrogen-bond acceptors (Lipinski definition) is 4. The van der Waals surface area contributed by atoms with Crippen LogP contribution >= 0.6 is 0 Å². The van der Waals surface area contributed by atoms with Gasteiger partial charge in [-0.3, -0.25) is 9.59 Å². The number of methoxy groups -OCH3 is 1. The molecule has 21 heavy (non-hydrogen) atoms. The summed E-state index contributed by atoms with van der Waals surface area (Å²) in [6.07, 6.45) is 4.99. The van der Waals surface area contributed by atoms with E-state index in [1.54, 1.807) is 12.2 Å². The lowest BCUT2D eigenvalue weighted by atomic mass is 9.82. The van der Waals surface area contributed by atoms with Crippen molar-refractivity contribution >= 4 is 17.8 Å². The van der Waals surface area contributed by atoms with Crippen LogP contribution in [0.4, 0.5) is 0 Å². The summed E-state index contributed by atoms with van der Waals surface area (Å²) >= 11 is 0. The number of hydrogen-bond donors (Lipinski definition) is 2. The highest BCUT2D eigenvalue weighted by Gasteiger charge is 2.36. The average Bonchev–Trinajstić information content (AvgIpc) is 2.50. The van der Waals surface area contributed by atoms with E-state index in [9.17, 15) is 19.5 Å². The van der Waals surface area contributed by atoms with Gasteiger partial charge in [-0.25, -0.2) is 4.79 Å². The minimum absolute atomic E-state index is 0.0798. The van der Waals surface area contributed by atoms with Gasteiger partial charge in [0, 0.05) is 0 Å². The normalized spacial score (nSPS) is 24.0. The van der Waals surface area contributed by atoms with Gasteiger partial charge in [-0.05, 0) is 18.8 Å². The number of aliphatic carboxylic acids is 1. The smallest absolute Gasteiger partial charge is 0.328 e. The second kappa shape index (κ2) is 7.81. The minimum Gasteiger partial charge on any atom is -0.481 e. The lowest BCUT2D eigenvalue weighted by Crippen LogP contribution is -2.49. The van der Waals surface area contributed by atoms with Crippen LogP contribution in [-0.4, -0.2) is 36.1 Å². The molecule has 6 nitrogen and oxygen atoms in total. The Hall–Kier alpha value is -1.85. The van der Waals surface area contributed by atoms with Gasteiger partial charge in [-0.1, -0.05) is 32.4 Å². The predicted octanol–water partition coefficient (Wildman–Crippen LogP) is 1.36. The van der Waals surface area contributed by atoms with Crippen LogP contribution in [0.15, 0.2) is 12.2 Å². The molecule has 118 valence electrons. The quantitative estimate of drug-likeness (QED) is 0.570. The van der Waals surface area contributed by atoms with Gasteiger partial charge >= 0.3 is 11.9 Å². The summed E-state index contributed by atoms with van der Waals surface area (Å²) in [7, 11) is 1.27. The van der Waals surface area contributed by atoms with Crippen molar-refractivity contribution in [3.05, 3.63) is 12.2 Å². The zero-order valence-corrected chi connectivity index (χ0v) is 12.7. The number of rotatable bonds is 6. The highest BCUT2D eigenvalue weighted by Crippen LogP contribution is 2.26. The van der Waals surface area contributed by atoms with Crippen molar-refractivity contribution in [2.75, 3.05) is 7.11 Å². The molecule has 1 aliphatic carbocycles. The molecule has 4 atom stereocenters. The lowest BCUT2D eigenvalue weighted by Gasteiger charge is -2.28. The fourth-order valence-electron chi connectivity index (χ4n) is 2.43. The lowest BCUT2D eigenvalue weighted by molar-refractivity contribution is -0.150. The fourth-order valence-corrected chi connectivity index (χ4v) is 2.43. The van der Waals surface area contributed by atoms with E-state index < -0.39 is 35.7 Å². The Bertz CT molecular complexity index is 432. The van der Waals surface area contributed by atoms with E-state index in [-0.39, 0.29) is 5.92 Å². The number of carboxylic acid groups (broad SMARTS) is 1. The Morgan fingerprint density at radius 3 is 2.33 bits per heavy atom. The molecule has 0 aromatic rings. The maximum atomic E-state index is 12.3.